The molecule has 0 aliphatic rings. The second-order valence-corrected chi connectivity index (χ2v) is 2.95. The largest absolute Gasteiger partial charge is 0.406 e. The molecule has 2 rings (SSSR count). The van der Waals surface area contributed by atoms with Crippen LogP contribution in [-0.4, -0.2) is 17.6 Å². The van der Waals surface area contributed by atoms with Crippen molar-refractivity contribution >= 4 is 17.2 Å². The summed E-state index contributed by atoms with van der Waals surface area (Å²) in [5.74, 6) is 0. The molecule has 0 N–H and O–H groups in total. The Morgan fingerprint density at radius 2 is 2.33 bits per heavy atom. The summed E-state index contributed by atoms with van der Waals surface area (Å²) in [6.45, 7) is 0.000557. The average Bonchev–Trinajstić information content (AvgIpc) is 2.69. The summed E-state index contributed by atoms with van der Waals surface area (Å²) in [6.07, 6.45) is 2.37. The summed E-state index contributed by atoms with van der Waals surface area (Å²) in [5, 5.41) is 9.69. The Bertz CT molecular complexity index is 537. The van der Waals surface area contributed by atoms with Crippen molar-refractivity contribution in [2.45, 2.75) is 0 Å². The fraction of sp³-hybridized carbons (Fsp3) is 0.0909. The Labute approximate surface area is 86.2 Å². The lowest BCUT2D eigenvalue weighted by molar-refractivity contribution is -0.111. The van der Waals surface area contributed by atoms with Crippen molar-refractivity contribution in [3.05, 3.63) is 36.0 Å². The van der Waals surface area contributed by atoms with Crippen molar-refractivity contribution in [1.29, 1.82) is 5.26 Å². The molecular formula is C11H8N2O2. The molecule has 0 atom stereocenters. The molecule has 0 fully saturated rings. The summed E-state index contributed by atoms with van der Waals surface area (Å²) < 4.78 is 1.49. The zero-order chi connectivity index (χ0) is 10.7. The molecule has 1 heterocycles. The van der Waals surface area contributed by atoms with Gasteiger partial charge in [-0.1, -0.05) is 6.07 Å². The van der Waals surface area contributed by atoms with E-state index in [1.807, 2.05) is 6.07 Å². The lowest BCUT2D eigenvalue weighted by Gasteiger charge is -2.04. The smallest absolute Gasteiger partial charge is 0.170 e. The van der Waals surface area contributed by atoms with Crippen molar-refractivity contribution in [1.82, 2.24) is 4.73 Å². The van der Waals surface area contributed by atoms with Gasteiger partial charge in [0.1, 0.15) is 0 Å². The molecule has 1 aromatic heterocycles. The van der Waals surface area contributed by atoms with E-state index in [-0.39, 0.29) is 6.61 Å². The zero-order valence-corrected chi connectivity index (χ0v) is 7.88. The molecule has 4 nitrogen and oxygen atoms in total. The van der Waals surface area contributed by atoms with Crippen molar-refractivity contribution < 1.29 is 9.63 Å². The summed E-state index contributed by atoms with van der Waals surface area (Å²) >= 11 is 0. The van der Waals surface area contributed by atoms with E-state index in [9.17, 15) is 4.79 Å². The number of benzene rings is 1. The van der Waals surface area contributed by atoms with Crippen molar-refractivity contribution in [2.24, 2.45) is 0 Å². The third-order valence-corrected chi connectivity index (χ3v) is 2.10. The molecular weight excluding hydrogens is 192 g/mol. The zero-order valence-electron chi connectivity index (χ0n) is 7.88. The molecule has 0 aliphatic carbocycles. The first kappa shape index (κ1) is 9.28. The van der Waals surface area contributed by atoms with Gasteiger partial charge in [-0.3, -0.25) is 4.79 Å². The van der Waals surface area contributed by atoms with Crippen LogP contribution >= 0.6 is 0 Å². The van der Waals surface area contributed by atoms with Crippen LogP contribution in [0, 0.1) is 11.3 Å². The average molecular weight is 200 g/mol. The summed E-state index contributed by atoms with van der Waals surface area (Å²) in [7, 11) is 0. The molecule has 0 saturated carbocycles. The quantitative estimate of drug-likeness (QED) is 0.698. The number of hydrogen-bond acceptors (Lipinski definition) is 3. The summed E-state index contributed by atoms with van der Waals surface area (Å²) in [4.78, 5) is 15.3. The number of hydrogen-bond donors (Lipinski definition) is 0. The first-order valence-electron chi connectivity index (χ1n) is 4.44. The molecule has 2 aromatic rings. The molecule has 74 valence electrons. The highest BCUT2D eigenvalue weighted by Crippen LogP contribution is 2.18. The van der Waals surface area contributed by atoms with Gasteiger partial charge in [0.2, 0.25) is 0 Å². The van der Waals surface area contributed by atoms with Gasteiger partial charge in [0.15, 0.2) is 12.9 Å². The summed E-state index contributed by atoms with van der Waals surface area (Å²) in [5.41, 5.74) is 1.39. The number of rotatable bonds is 3. The molecule has 0 bridgehead atoms. The minimum atomic E-state index is 0.000557. The minimum absolute atomic E-state index is 0.000557. The minimum Gasteiger partial charge on any atom is -0.406 e. The van der Waals surface area contributed by atoms with Gasteiger partial charge in [-0.25, -0.2) is 0 Å². The van der Waals surface area contributed by atoms with E-state index in [2.05, 4.69) is 6.07 Å². The van der Waals surface area contributed by atoms with E-state index in [0.29, 0.717) is 11.8 Å². The number of aldehydes is 1. The normalized spacial score (nSPS) is 9.80. The molecule has 4 heteroatoms. The van der Waals surface area contributed by atoms with Gasteiger partial charge in [0, 0.05) is 11.6 Å². The van der Waals surface area contributed by atoms with E-state index in [4.69, 9.17) is 10.1 Å². The maximum absolute atomic E-state index is 10.2. The highest BCUT2D eigenvalue weighted by molar-refractivity contribution is 5.85. The topological polar surface area (TPSA) is 55.0 Å². The fourth-order valence-electron chi connectivity index (χ4n) is 1.46. The standard InChI is InChI=1S/C11H8N2O2/c12-8-9-2-1-3-11-10(9)4-5-13(11)15-7-6-14/h1-6H,7H2. The van der Waals surface area contributed by atoms with Crippen LogP contribution < -0.4 is 4.84 Å². The highest BCUT2D eigenvalue weighted by atomic mass is 16.7. The second-order valence-electron chi connectivity index (χ2n) is 2.95. The summed E-state index contributed by atoms with van der Waals surface area (Å²) in [6, 6.07) is 9.25. The Balaban J connectivity index is 2.52. The highest BCUT2D eigenvalue weighted by Gasteiger charge is 2.04. The number of carbonyl (C=O) groups is 1. The van der Waals surface area contributed by atoms with Crippen molar-refractivity contribution in [3.8, 4) is 6.07 Å². The van der Waals surface area contributed by atoms with Crippen LogP contribution in [0.4, 0.5) is 0 Å². The number of nitriles is 1. The fourth-order valence-corrected chi connectivity index (χ4v) is 1.46. The van der Waals surface area contributed by atoms with Crippen LogP contribution in [0.25, 0.3) is 10.9 Å². The van der Waals surface area contributed by atoms with Gasteiger partial charge in [0.25, 0.3) is 0 Å². The van der Waals surface area contributed by atoms with Crippen LogP contribution in [0.2, 0.25) is 0 Å². The number of nitrogens with zero attached hydrogens (tertiary/aromatic N) is 2. The van der Waals surface area contributed by atoms with Gasteiger partial charge in [-0.15, -0.1) is 0 Å². The van der Waals surface area contributed by atoms with E-state index in [0.717, 1.165) is 10.9 Å². The van der Waals surface area contributed by atoms with Gasteiger partial charge >= 0.3 is 0 Å². The first-order valence-corrected chi connectivity index (χ1v) is 4.44. The van der Waals surface area contributed by atoms with Crippen LogP contribution in [0.1, 0.15) is 5.56 Å². The van der Waals surface area contributed by atoms with E-state index >= 15 is 0 Å². The van der Waals surface area contributed by atoms with Crippen molar-refractivity contribution in [3.63, 3.8) is 0 Å². The lowest BCUT2D eigenvalue weighted by Crippen LogP contribution is -2.11. The van der Waals surface area contributed by atoms with Crippen molar-refractivity contribution in [2.75, 3.05) is 6.61 Å². The van der Waals surface area contributed by atoms with Crippen LogP contribution in [0.3, 0.4) is 0 Å². The number of fused-ring (bicyclic) bond motifs is 1. The Morgan fingerprint density at radius 1 is 1.47 bits per heavy atom. The van der Waals surface area contributed by atoms with E-state index in [1.165, 1.54) is 4.73 Å². The lowest BCUT2D eigenvalue weighted by atomic mass is 10.1. The SMILES string of the molecule is N#Cc1cccc2c1ccn2OCC=O. The maximum Gasteiger partial charge on any atom is 0.170 e. The molecule has 0 spiro atoms. The van der Waals surface area contributed by atoms with Gasteiger partial charge in [0.05, 0.1) is 17.1 Å². The Kier molecular flexibility index (Phi) is 2.38. The first-order chi connectivity index (χ1) is 7.36. The molecule has 0 unspecified atom stereocenters. The molecule has 0 radical (unpaired) electrons. The predicted molar refractivity (Wildman–Crippen MR) is 54.2 cm³/mol. The van der Waals surface area contributed by atoms with Gasteiger partial charge in [-0.2, -0.15) is 9.99 Å². The van der Waals surface area contributed by atoms with Crippen LogP contribution in [0.5, 0.6) is 0 Å². The van der Waals surface area contributed by atoms with Crippen LogP contribution in [-0.2, 0) is 4.79 Å². The third-order valence-electron chi connectivity index (χ3n) is 2.10. The molecule has 0 saturated heterocycles. The van der Waals surface area contributed by atoms with Gasteiger partial charge < -0.3 is 4.84 Å². The van der Waals surface area contributed by atoms with Gasteiger partial charge in [-0.05, 0) is 18.2 Å². The molecule has 1 aromatic carbocycles. The number of carbonyl (C=O) groups excluding carboxylic acids is 1. The van der Waals surface area contributed by atoms with Crippen LogP contribution in [0.15, 0.2) is 30.5 Å². The van der Waals surface area contributed by atoms with E-state index in [1.54, 1.807) is 24.4 Å². The van der Waals surface area contributed by atoms with E-state index < -0.39 is 0 Å². The number of aromatic nitrogens is 1. The molecule has 0 amide bonds. The Hall–Kier alpha value is -2.28. The molecule has 0 aliphatic heterocycles. The second kappa shape index (κ2) is 3.84. The predicted octanol–water partition coefficient (Wildman–Crippen LogP) is 1.14. The Morgan fingerprint density at radius 3 is 3.07 bits per heavy atom. The third kappa shape index (κ3) is 1.55. The monoisotopic (exact) mass is 200 g/mol. The molecule has 15 heavy (non-hydrogen) atoms. The maximum atomic E-state index is 10.2.